The first-order chi connectivity index (χ1) is 15.3. The predicted molar refractivity (Wildman–Crippen MR) is 119 cm³/mol. The quantitative estimate of drug-likeness (QED) is 0.659. The summed E-state index contributed by atoms with van der Waals surface area (Å²) in [7, 11) is 3.07. The highest BCUT2D eigenvalue weighted by Gasteiger charge is 2.37. The van der Waals surface area contributed by atoms with Gasteiger partial charge in [-0.05, 0) is 18.6 Å². The molecular weight excluding hydrogens is 414 g/mol. The van der Waals surface area contributed by atoms with Gasteiger partial charge in [-0.1, -0.05) is 19.1 Å². The first-order valence-electron chi connectivity index (χ1n) is 10.7. The van der Waals surface area contributed by atoms with Crippen LogP contribution in [0, 0.1) is 0 Å². The van der Waals surface area contributed by atoms with Crippen molar-refractivity contribution in [3.05, 3.63) is 51.2 Å². The number of amides is 2. The van der Waals surface area contributed by atoms with Crippen molar-refractivity contribution < 1.29 is 14.3 Å². The minimum Gasteiger partial charge on any atom is -0.482 e. The van der Waals surface area contributed by atoms with Gasteiger partial charge >= 0.3 is 5.69 Å². The predicted octanol–water partition coefficient (Wildman–Crippen LogP) is -0.0632. The Morgan fingerprint density at radius 1 is 1.03 bits per heavy atom. The molecule has 2 aliphatic heterocycles. The summed E-state index contributed by atoms with van der Waals surface area (Å²) < 4.78 is 8.01. The average Bonchev–Trinajstić information content (AvgIpc) is 2.82. The van der Waals surface area contributed by atoms with E-state index in [2.05, 4.69) is 0 Å². The fourth-order valence-electron chi connectivity index (χ4n) is 4.32. The van der Waals surface area contributed by atoms with Gasteiger partial charge in [-0.2, -0.15) is 0 Å². The second kappa shape index (κ2) is 8.52. The number of hydrogen-bond donors (Lipinski definition) is 0. The van der Waals surface area contributed by atoms with E-state index in [1.165, 1.54) is 17.7 Å². The lowest BCUT2D eigenvalue weighted by Crippen LogP contribution is -2.58. The summed E-state index contributed by atoms with van der Waals surface area (Å²) in [6.45, 7) is 3.62. The third-order valence-corrected chi connectivity index (χ3v) is 6.14. The van der Waals surface area contributed by atoms with Gasteiger partial charge in [0.25, 0.3) is 11.5 Å². The van der Waals surface area contributed by atoms with Gasteiger partial charge in [0.2, 0.25) is 5.91 Å². The van der Waals surface area contributed by atoms with Gasteiger partial charge in [0.15, 0.2) is 6.61 Å². The molecule has 4 rings (SSSR count). The Kier molecular flexibility index (Phi) is 5.77. The summed E-state index contributed by atoms with van der Waals surface area (Å²) in [6, 6.07) is 8.05. The molecule has 1 aromatic carbocycles. The lowest BCUT2D eigenvalue weighted by molar-refractivity contribution is -0.135. The number of fused-ring (bicyclic) bond motifs is 1. The summed E-state index contributed by atoms with van der Waals surface area (Å²) in [5.41, 5.74) is -0.142. The van der Waals surface area contributed by atoms with E-state index in [-0.39, 0.29) is 29.7 Å². The number of anilines is 2. The molecule has 1 atom stereocenters. The van der Waals surface area contributed by atoms with Crippen molar-refractivity contribution in [1.82, 2.24) is 14.0 Å². The molecule has 0 unspecified atom stereocenters. The Bertz CT molecular complexity index is 1160. The Morgan fingerprint density at radius 3 is 2.41 bits per heavy atom. The zero-order valence-electron chi connectivity index (χ0n) is 18.5. The SMILES string of the molecule is CC[C@H](C(=O)N1CCN(c2cc(=O)n(C)c(=O)n2C)CC1)N1C(=O)COc2ccccc21. The van der Waals surface area contributed by atoms with Gasteiger partial charge in [0, 0.05) is 46.3 Å². The summed E-state index contributed by atoms with van der Waals surface area (Å²) in [5.74, 6) is 0.775. The maximum Gasteiger partial charge on any atom is 0.332 e. The van der Waals surface area contributed by atoms with E-state index in [0.29, 0.717) is 49.9 Å². The summed E-state index contributed by atoms with van der Waals surface area (Å²) in [6.07, 6.45) is 0.475. The number of benzene rings is 1. The molecule has 0 aliphatic carbocycles. The highest BCUT2D eigenvalue weighted by atomic mass is 16.5. The number of piperazine rings is 1. The maximum atomic E-state index is 13.4. The molecule has 0 radical (unpaired) electrons. The third-order valence-electron chi connectivity index (χ3n) is 6.14. The number of ether oxygens (including phenoxy) is 1. The molecule has 1 aromatic heterocycles. The van der Waals surface area contributed by atoms with Gasteiger partial charge in [0.1, 0.15) is 17.6 Å². The van der Waals surface area contributed by atoms with Crippen LogP contribution in [0.5, 0.6) is 5.75 Å². The van der Waals surface area contributed by atoms with Crippen LogP contribution in [0.25, 0.3) is 0 Å². The molecule has 0 saturated carbocycles. The van der Waals surface area contributed by atoms with Crippen molar-refractivity contribution in [3.8, 4) is 5.75 Å². The number of hydrogen-bond acceptors (Lipinski definition) is 6. The molecule has 2 aromatic rings. The lowest BCUT2D eigenvalue weighted by atomic mass is 10.1. The zero-order valence-corrected chi connectivity index (χ0v) is 18.5. The normalized spacial score (nSPS) is 17.1. The van der Waals surface area contributed by atoms with Crippen LogP contribution in [0.2, 0.25) is 0 Å². The smallest absolute Gasteiger partial charge is 0.332 e. The molecule has 0 N–H and O–H groups in total. The van der Waals surface area contributed by atoms with E-state index < -0.39 is 6.04 Å². The molecule has 10 heteroatoms. The van der Waals surface area contributed by atoms with Crippen LogP contribution < -0.4 is 25.8 Å². The highest BCUT2D eigenvalue weighted by Crippen LogP contribution is 2.34. The van der Waals surface area contributed by atoms with Gasteiger partial charge < -0.3 is 14.5 Å². The summed E-state index contributed by atoms with van der Waals surface area (Å²) in [5, 5.41) is 0. The number of aromatic nitrogens is 2. The van der Waals surface area contributed by atoms with Crippen molar-refractivity contribution in [2.75, 3.05) is 42.6 Å². The van der Waals surface area contributed by atoms with Gasteiger partial charge in [-0.25, -0.2) is 4.79 Å². The summed E-state index contributed by atoms with van der Waals surface area (Å²) in [4.78, 5) is 55.6. The van der Waals surface area contributed by atoms with Gasteiger partial charge in [-0.15, -0.1) is 0 Å². The largest absolute Gasteiger partial charge is 0.482 e. The minimum absolute atomic E-state index is 0.0917. The van der Waals surface area contributed by atoms with Crippen molar-refractivity contribution >= 4 is 23.3 Å². The molecule has 0 bridgehead atoms. The van der Waals surface area contributed by atoms with E-state index in [1.807, 2.05) is 24.0 Å². The average molecular weight is 441 g/mol. The van der Waals surface area contributed by atoms with Gasteiger partial charge in [-0.3, -0.25) is 28.4 Å². The van der Waals surface area contributed by atoms with E-state index in [1.54, 1.807) is 29.0 Å². The number of nitrogens with zero attached hydrogens (tertiary/aromatic N) is 5. The molecule has 3 heterocycles. The second-order valence-electron chi connectivity index (χ2n) is 8.00. The first kappa shape index (κ1) is 21.7. The van der Waals surface area contributed by atoms with Gasteiger partial charge in [0.05, 0.1) is 5.69 Å². The van der Waals surface area contributed by atoms with Crippen molar-refractivity contribution in [2.45, 2.75) is 19.4 Å². The van der Waals surface area contributed by atoms with Crippen LogP contribution in [-0.4, -0.2) is 64.7 Å². The van der Waals surface area contributed by atoms with Crippen LogP contribution in [0.4, 0.5) is 11.5 Å². The maximum absolute atomic E-state index is 13.4. The fraction of sp³-hybridized carbons (Fsp3) is 0.455. The van der Waals surface area contributed by atoms with Crippen LogP contribution >= 0.6 is 0 Å². The molecule has 1 fully saturated rings. The number of rotatable bonds is 4. The molecule has 1 saturated heterocycles. The van der Waals surface area contributed by atoms with Crippen molar-refractivity contribution in [2.24, 2.45) is 14.1 Å². The van der Waals surface area contributed by atoms with Crippen molar-refractivity contribution in [1.29, 1.82) is 0 Å². The van der Waals surface area contributed by atoms with Crippen molar-refractivity contribution in [3.63, 3.8) is 0 Å². The Balaban J connectivity index is 1.52. The molecule has 2 aliphatic rings. The first-order valence-corrected chi connectivity index (χ1v) is 10.7. The lowest BCUT2D eigenvalue weighted by Gasteiger charge is -2.40. The number of carbonyl (C=O) groups excluding carboxylic acids is 2. The second-order valence-corrected chi connectivity index (χ2v) is 8.00. The molecule has 0 spiro atoms. The van der Waals surface area contributed by atoms with E-state index in [4.69, 9.17) is 4.74 Å². The monoisotopic (exact) mass is 441 g/mol. The van der Waals surface area contributed by atoms with Crippen LogP contribution in [-0.2, 0) is 23.7 Å². The Labute approximate surface area is 185 Å². The topological polar surface area (TPSA) is 97.1 Å². The molecular formula is C22H27N5O5. The Morgan fingerprint density at radius 2 is 1.72 bits per heavy atom. The molecule has 170 valence electrons. The zero-order chi connectivity index (χ0) is 23.0. The fourth-order valence-corrected chi connectivity index (χ4v) is 4.32. The standard InChI is InChI=1S/C22H27N5O5/c1-4-15(27-16-7-5-6-8-17(16)32-14-20(27)29)21(30)26-11-9-25(10-12-26)18-13-19(28)24(3)22(31)23(18)2/h5-8,13,15H,4,9-12,14H2,1-3H3/t15-/m1/s1. The molecule has 2 amide bonds. The Hall–Kier alpha value is -3.56. The number of carbonyl (C=O) groups is 2. The summed E-state index contributed by atoms with van der Waals surface area (Å²) >= 11 is 0. The molecule has 10 nitrogen and oxygen atoms in total. The van der Waals surface area contributed by atoms with E-state index >= 15 is 0 Å². The van der Waals surface area contributed by atoms with Crippen LogP contribution in [0.3, 0.4) is 0 Å². The minimum atomic E-state index is -0.618. The van der Waals surface area contributed by atoms with E-state index in [0.717, 1.165) is 4.57 Å². The van der Waals surface area contributed by atoms with Crippen LogP contribution in [0.15, 0.2) is 39.9 Å². The van der Waals surface area contributed by atoms with Crippen LogP contribution in [0.1, 0.15) is 13.3 Å². The third kappa shape index (κ3) is 3.65. The molecule has 32 heavy (non-hydrogen) atoms. The highest BCUT2D eigenvalue weighted by molar-refractivity contribution is 6.03. The number of para-hydroxylation sites is 2. The van der Waals surface area contributed by atoms with E-state index in [9.17, 15) is 19.2 Å².